The molecule has 108 valence electrons. The van der Waals surface area contributed by atoms with Gasteiger partial charge >= 0.3 is 0 Å². The van der Waals surface area contributed by atoms with Gasteiger partial charge in [0.25, 0.3) is 5.91 Å². The molecule has 20 heavy (non-hydrogen) atoms. The molecule has 1 aliphatic carbocycles. The van der Waals surface area contributed by atoms with Crippen molar-refractivity contribution in [2.75, 3.05) is 18.4 Å². The highest BCUT2D eigenvalue weighted by Crippen LogP contribution is 2.32. The number of likely N-dealkylation sites (tertiary alicyclic amines) is 1. The number of β-amino-alcohol motifs (C(OH)–C–C–N with tert-alkyl or cyclic N) is 1. The van der Waals surface area contributed by atoms with Gasteiger partial charge < -0.3 is 15.3 Å². The normalized spacial score (nSPS) is 22.6. The highest BCUT2D eigenvalue weighted by molar-refractivity contribution is 7.18. The Morgan fingerprint density at radius 2 is 2.10 bits per heavy atom. The maximum Gasteiger partial charge on any atom is 0.264 e. The number of aliphatic hydroxyl groups is 1. The van der Waals surface area contributed by atoms with Crippen LogP contribution in [0, 0.1) is 5.92 Å². The summed E-state index contributed by atoms with van der Waals surface area (Å²) in [5, 5.41) is 13.2. The van der Waals surface area contributed by atoms with Crippen molar-refractivity contribution in [2.45, 2.75) is 31.8 Å². The number of rotatable bonds is 3. The van der Waals surface area contributed by atoms with Crippen LogP contribution in [-0.4, -0.2) is 41.0 Å². The van der Waals surface area contributed by atoms with Crippen LogP contribution in [0.3, 0.4) is 0 Å². The number of hydrogen-bond donors (Lipinski definition) is 2. The standard InChI is InChI=1S/C14H18N2O3S/c17-10-2-1-7-16(8-10)14(19)11-5-6-12(20-11)15-13(18)9-3-4-9/h5-6,9-10,17H,1-4,7-8H2,(H,15,18)/t10-/m0/s1. The van der Waals surface area contributed by atoms with Crippen molar-refractivity contribution in [3.8, 4) is 0 Å². The van der Waals surface area contributed by atoms with E-state index in [0.717, 1.165) is 30.7 Å². The van der Waals surface area contributed by atoms with Gasteiger partial charge in [0.15, 0.2) is 0 Å². The van der Waals surface area contributed by atoms with Crippen LogP contribution in [0.5, 0.6) is 0 Å². The smallest absolute Gasteiger partial charge is 0.264 e. The minimum absolute atomic E-state index is 0.0549. The van der Waals surface area contributed by atoms with Gasteiger partial charge in [-0.3, -0.25) is 9.59 Å². The summed E-state index contributed by atoms with van der Waals surface area (Å²) in [5.74, 6) is 0.161. The molecule has 3 rings (SSSR count). The third-order valence-corrected chi connectivity index (χ3v) is 4.68. The number of thiophene rings is 1. The first-order chi connectivity index (χ1) is 9.63. The number of hydrogen-bond acceptors (Lipinski definition) is 4. The minimum atomic E-state index is -0.415. The SMILES string of the molecule is O=C(Nc1ccc(C(=O)N2CCC[C@H](O)C2)s1)C1CC1. The number of nitrogens with zero attached hydrogens (tertiary/aromatic N) is 1. The van der Waals surface area contributed by atoms with Crippen LogP contribution in [0.2, 0.25) is 0 Å². The fraction of sp³-hybridized carbons (Fsp3) is 0.571. The molecule has 2 N–H and O–H groups in total. The molecule has 1 atom stereocenters. The van der Waals surface area contributed by atoms with Crippen molar-refractivity contribution in [1.29, 1.82) is 0 Å². The maximum atomic E-state index is 12.3. The van der Waals surface area contributed by atoms with Gasteiger partial charge in [0.2, 0.25) is 5.91 Å². The predicted molar refractivity (Wildman–Crippen MR) is 76.8 cm³/mol. The van der Waals surface area contributed by atoms with Crippen molar-refractivity contribution >= 4 is 28.2 Å². The molecule has 2 amide bonds. The molecule has 1 saturated carbocycles. The minimum Gasteiger partial charge on any atom is -0.391 e. The van der Waals surface area contributed by atoms with Crippen molar-refractivity contribution in [3.63, 3.8) is 0 Å². The molecule has 6 heteroatoms. The number of carbonyl (C=O) groups is 2. The molecule has 2 heterocycles. The largest absolute Gasteiger partial charge is 0.391 e. The number of piperidine rings is 1. The van der Waals surface area contributed by atoms with Crippen molar-refractivity contribution in [2.24, 2.45) is 5.92 Å². The summed E-state index contributed by atoms with van der Waals surface area (Å²) in [7, 11) is 0. The summed E-state index contributed by atoms with van der Waals surface area (Å²) in [5.41, 5.74) is 0. The van der Waals surface area contributed by atoms with Gasteiger partial charge in [-0.15, -0.1) is 11.3 Å². The first-order valence-corrected chi connectivity index (χ1v) is 7.83. The molecule has 0 aromatic carbocycles. The van der Waals surface area contributed by atoms with Crippen molar-refractivity contribution in [3.05, 3.63) is 17.0 Å². The van der Waals surface area contributed by atoms with Gasteiger partial charge in [-0.05, 0) is 37.8 Å². The highest BCUT2D eigenvalue weighted by atomic mass is 32.1. The maximum absolute atomic E-state index is 12.3. The van der Waals surface area contributed by atoms with Gasteiger partial charge in [0.05, 0.1) is 16.0 Å². The molecule has 1 aromatic heterocycles. The van der Waals surface area contributed by atoms with E-state index in [4.69, 9.17) is 0 Å². The molecular formula is C14H18N2O3S. The van der Waals surface area contributed by atoms with Crippen LogP contribution in [0.15, 0.2) is 12.1 Å². The molecule has 0 radical (unpaired) electrons. The van der Waals surface area contributed by atoms with E-state index in [1.54, 1.807) is 17.0 Å². The molecule has 2 aliphatic rings. The lowest BCUT2D eigenvalue weighted by Crippen LogP contribution is -2.41. The summed E-state index contributed by atoms with van der Waals surface area (Å²) < 4.78 is 0. The van der Waals surface area contributed by atoms with Gasteiger partial charge in [-0.25, -0.2) is 0 Å². The lowest BCUT2D eigenvalue weighted by atomic mass is 10.1. The van der Waals surface area contributed by atoms with E-state index >= 15 is 0 Å². The summed E-state index contributed by atoms with van der Waals surface area (Å²) in [6.45, 7) is 1.10. The van der Waals surface area contributed by atoms with E-state index < -0.39 is 6.10 Å². The van der Waals surface area contributed by atoms with Crippen molar-refractivity contribution < 1.29 is 14.7 Å². The van der Waals surface area contributed by atoms with Gasteiger partial charge in [0.1, 0.15) is 0 Å². The van der Waals surface area contributed by atoms with Crippen molar-refractivity contribution in [1.82, 2.24) is 4.90 Å². The van der Waals surface area contributed by atoms with E-state index in [1.165, 1.54) is 11.3 Å². The Kier molecular flexibility index (Phi) is 3.76. The number of carbonyl (C=O) groups excluding carboxylic acids is 2. The van der Waals surface area contributed by atoms with E-state index in [-0.39, 0.29) is 17.7 Å². The van der Waals surface area contributed by atoms with E-state index in [9.17, 15) is 14.7 Å². The molecule has 1 saturated heterocycles. The molecule has 1 aromatic rings. The highest BCUT2D eigenvalue weighted by Gasteiger charge is 2.30. The van der Waals surface area contributed by atoms with E-state index in [2.05, 4.69) is 5.32 Å². The van der Waals surface area contributed by atoms with Gasteiger partial charge in [-0.2, -0.15) is 0 Å². The second kappa shape index (κ2) is 5.54. The molecular weight excluding hydrogens is 276 g/mol. The Labute approximate surface area is 121 Å². The topological polar surface area (TPSA) is 69.6 Å². The van der Waals surface area contributed by atoms with E-state index in [1.807, 2.05) is 0 Å². The third-order valence-electron chi connectivity index (χ3n) is 3.70. The number of anilines is 1. The van der Waals surface area contributed by atoms with Crippen LogP contribution in [-0.2, 0) is 4.79 Å². The summed E-state index contributed by atoms with van der Waals surface area (Å²) in [4.78, 5) is 26.3. The molecule has 0 bridgehead atoms. The Hall–Kier alpha value is -1.40. The summed E-state index contributed by atoms with van der Waals surface area (Å²) >= 11 is 1.30. The Morgan fingerprint density at radius 3 is 2.80 bits per heavy atom. The molecule has 5 nitrogen and oxygen atoms in total. The second-order valence-corrected chi connectivity index (χ2v) is 6.56. The van der Waals surface area contributed by atoms with Gasteiger partial charge in [0, 0.05) is 19.0 Å². The van der Waals surface area contributed by atoms with Crippen LogP contribution in [0.4, 0.5) is 5.00 Å². The average molecular weight is 294 g/mol. The predicted octanol–water partition coefficient (Wildman–Crippen LogP) is 1.69. The quantitative estimate of drug-likeness (QED) is 0.891. The zero-order valence-corrected chi connectivity index (χ0v) is 12.0. The van der Waals surface area contributed by atoms with Crippen LogP contribution >= 0.6 is 11.3 Å². The van der Waals surface area contributed by atoms with Crippen LogP contribution in [0.25, 0.3) is 0 Å². The van der Waals surface area contributed by atoms with Gasteiger partial charge in [-0.1, -0.05) is 0 Å². The van der Waals surface area contributed by atoms with E-state index in [0.29, 0.717) is 18.0 Å². The second-order valence-electron chi connectivity index (χ2n) is 5.47. The number of aliphatic hydroxyl groups excluding tert-OH is 1. The molecule has 0 unspecified atom stereocenters. The number of amides is 2. The first-order valence-electron chi connectivity index (χ1n) is 7.01. The number of nitrogens with one attached hydrogen (secondary N) is 1. The molecule has 0 spiro atoms. The fourth-order valence-electron chi connectivity index (χ4n) is 2.38. The first kappa shape index (κ1) is 13.6. The lowest BCUT2D eigenvalue weighted by molar-refractivity contribution is -0.117. The average Bonchev–Trinajstić information content (AvgIpc) is 3.19. The molecule has 2 fully saturated rings. The Morgan fingerprint density at radius 1 is 1.30 bits per heavy atom. The lowest BCUT2D eigenvalue weighted by Gasteiger charge is -2.29. The van der Waals surface area contributed by atoms with Crippen LogP contribution < -0.4 is 5.32 Å². The summed E-state index contributed by atoms with van der Waals surface area (Å²) in [6, 6.07) is 3.52. The summed E-state index contributed by atoms with van der Waals surface area (Å²) in [6.07, 6.45) is 3.12. The Balaban J connectivity index is 1.63. The zero-order chi connectivity index (χ0) is 14.1. The fourth-order valence-corrected chi connectivity index (χ4v) is 3.26. The third kappa shape index (κ3) is 3.02. The molecule has 1 aliphatic heterocycles. The monoisotopic (exact) mass is 294 g/mol. The van der Waals surface area contributed by atoms with Crippen LogP contribution in [0.1, 0.15) is 35.4 Å². The Bertz CT molecular complexity index is 524. The zero-order valence-electron chi connectivity index (χ0n) is 11.2.